The van der Waals surface area contributed by atoms with Crippen molar-refractivity contribution in [1.82, 2.24) is 19.5 Å². The van der Waals surface area contributed by atoms with Crippen LogP contribution in [-0.2, 0) is 4.74 Å². The van der Waals surface area contributed by atoms with Crippen molar-refractivity contribution in [3.05, 3.63) is 11.6 Å². The fourth-order valence-corrected chi connectivity index (χ4v) is 2.84. The topological polar surface area (TPSA) is 119 Å². The molecule has 8 nitrogen and oxygen atoms in total. The standard InChI is InChI=1S/C12H16ClN5O3/c1-4(2)8-6(19)7(20)11(21-8)18-10-5(17-12(18)13)9(14)15-3-16-10/h3-4,6-8,11,19-20H,1-2H3,(H2,14,15,16). The van der Waals surface area contributed by atoms with Crippen LogP contribution in [0, 0.1) is 5.92 Å². The molecule has 1 fully saturated rings. The van der Waals surface area contributed by atoms with Gasteiger partial charge in [0.1, 0.15) is 18.5 Å². The summed E-state index contributed by atoms with van der Waals surface area (Å²) < 4.78 is 7.18. The molecule has 114 valence electrons. The third-order valence-corrected chi connectivity index (χ3v) is 3.92. The Morgan fingerprint density at radius 3 is 2.67 bits per heavy atom. The number of rotatable bonds is 2. The van der Waals surface area contributed by atoms with E-state index in [1.807, 2.05) is 13.8 Å². The van der Waals surface area contributed by atoms with Gasteiger partial charge in [-0.15, -0.1) is 0 Å². The molecule has 4 atom stereocenters. The molecular formula is C12H16ClN5O3. The summed E-state index contributed by atoms with van der Waals surface area (Å²) in [5, 5.41) is 20.4. The second-order valence-electron chi connectivity index (χ2n) is 5.40. The number of nitrogens with zero attached hydrogens (tertiary/aromatic N) is 4. The Morgan fingerprint density at radius 2 is 2.05 bits per heavy atom. The minimum Gasteiger partial charge on any atom is -0.388 e. The van der Waals surface area contributed by atoms with Crippen molar-refractivity contribution < 1.29 is 14.9 Å². The molecule has 1 aliphatic heterocycles. The Hall–Kier alpha value is -1.48. The Labute approximate surface area is 125 Å². The monoisotopic (exact) mass is 313 g/mol. The normalized spacial score (nSPS) is 29.6. The van der Waals surface area contributed by atoms with Crippen LogP contribution in [0.25, 0.3) is 11.2 Å². The molecule has 3 heterocycles. The summed E-state index contributed by atoms with van der Waals surface area (Å²) in [4.78, 5) is 12.0. The number of ether oxygens (including phenoxy) is 1. The van der Waals surface area contributed by atoms with Gasteiger partial charge in [-0.05, 0) is 17.5 Å². The van der Waals surface area contributed by atoms with E-state index in [1.165, 1.54) is 10.9 Å². The van der Waals surface area contributed by atoms with E-state index in [4.69, 9.17) is 22.1 Å². The lowest BCUT2D eigenvalue weighted by atomic mass is 10.0. The molecule has 0 radical (unpaired) electrons. The zero-order valence-corrected chi connectivity index (χ0v) is 12.3. The van der Waals surface area contributed by atoms with Crippen LogP contribution in [-0.4, -0.2) is 48.0 Å². The molecule has 9 heteroatoms. The quantitative estimate of drug-likeness (QED) is 0.684. The highest BCUT2D eigenvalue weighted by Gasteiger charge is 2.46. The van der Waals surface area contributed by atoms with Crippen LogP contribution >= 0.6 is 11.6 Å². The Bertz CT molecular complexity index is 676. The number of aromatic nitrogens is 4. The van der Waals surface area contributed by atoms with E-state index >= 15 is 0 Å². The van der Waals surface area contributed by atoms with Crippen LogP contribution in [0.2, 0.25) is 5.28 Å². The fraction of sp³-hybridized carbons (Fsp3) is 0.583. The second-order valence-corrected chi connectivity index (χ2v) is 5.74. The second kappa shape index (κ2) is 5.06. The number of aliphatic hydroxyl groups excluding tert-OH is 2. The number of hydrogen-bond donors (Lipinski definition) is 3. The number of fused-ring (bicyclic) bond motifs is 1. The van der Waals surface area contributed by atoms with Crippen LogP contribution in [0.5, 0.6) is 0 Å². The molecule has 2 aromatic heterocycles. The van der Waals surface area contributed by atoms with Gasteiger partial charge in [-0.1, -0.05) is 13.8 Å². The number of hydrogen-bond acceptors (Lipinski definition) is 7. The van der Waals surface area contributed by atoms with Crippen LogP contribution < -0.4 is 5.73 Å². The van der Waals surface area contributed by atoms with E-state index in [0.717, 1.165) is 0 Å². The summed E-state index contributed by atoms with van der Waals surface area (Å²) in [5.74, 6) is 0.224. The van der Waals surface area contributed by atoms with Gasteiger partial charge < -0.3 is 20.7 Å². The van der Waals surface area contributed by atoms with E-state index in [-0.39, 0.29) is 17.0 Å². The van der Waals surface area contributed by atoms with Crippen molar-refractivity contribution in [1.29, 1.82) is 0 Å². The first-order valence-corrected chi connectivity index (χ1v) is 6.95. The molecule has 0 aromatic carbocycles. The van der Waals surface area contributed by atoms with Crippen molar-refractivity contribution in [3.8, 4) is 0 Å². The maximum Gasteiger partial charge on any atom is 0.207 e. The van der Waals surface area contributed by atoms with Gasteiger partial charge >= 0.3 is 0 Å². The Kier molecular flexibility index (Phi) is 3.48. The molecule has 0 saturated carbocycles. The highest BCUT2D eigenvalue weighted by Crippen LogP contribution is 2.36. The van der Waals surface area contributed by atoms with Crippen molar-refractivity contribution in [2.24, 2.45) is 5.92 Å². The number of nitrogen functional groups attached to an aromatic ring is 1. The van der Waals surface area contributed by atoms with Crippen molar-refractivity contribution in [2.45, 2.75) is 38.4 Å². The van der Waals surface area contributed by atoms with Gasteiger partial charge in [0.05, 0.1) is 6.10 Å². The Morgan fingerprint density at radius 1 is 1.33 bits per heavy atom. The lowest BCUT2D eigenvalue weighted by Crippen LogP contribution is -2.34. The predicted molar refractivity (Wildman–Crippen MR) is 75.5 cm³/mol. The van der Waals surface area contributed by atoms with Crippen LogP contribution in [0.15, 0.2) is 6.33 Å². The molecule has 21 heavy (non-hydrogen) atoms. The van der Waals surface area contributed by atoms with Gasteiger partial charge in [0.15, 0.2) is 23.2 Å². The number of anilines is 1. The molecule has 1 saturated heterocycles. The number of halogens is 1. The van der Waals surface area contributed by atoms with Crippen molar-refractivity contribution >= 4 is 28.6 Å². The molecule has 2 aromatic rings. The van der Waals surface area contributed by atoms with Gasteiger partial charge in [-0.25, -0.2) is 15.0 Å². The first kappa shape index (κ1) is 14.5. The molecule has 0 amide bonds. The summed E-state index contributed by atoms with van der Waals surface area (Å²) in [7, 11) is 0. The summed E-state index contributed by atoms with van der Waals surface area (Å²) in [6.45, 7) is 3.80. The van der Waals surface area contributed by atoms with Crippen molar-refractivity contribution in [3.63, 3.8) is 0 Å². The maximum absolute atomic E-state index is 10.2. The largest absolute Gasteiger partial charge is 0.388 e. The van der Waals surface area contributed by atoms with Crippen LogP contribution in [0.4, 0.5) is 5.82 Å². The average Bonchev–Trinajstić information content (AvgIpc) is 2.90. The van der Waals surface area contributed by atoms with Gasteiger partial charge in [0.2, 0.25) is 5.28 Å². The summed E-state index contributed by atoms with van der Waals surface area (Å²) in [5.41, 5.74) is 6.43. The molecule has 1 aliphatic rings. The molecular weight excluding hydrogens is 298 g/mol. The number of aliphatic hydroxyl groups is 2. The molecule has 0 bridgehead atoms. The van der Waals surface area contributed by atoms with Crippen LogP contribution in [0.3, 0.4) is 0 Å². The first-order valence-electron chi connectivity index (χ1n) is 6.57. The van der Waals surface area contributed by atoms with Crippen molar-refractivity contribution in [2.75, 3.05) is 5.73 Å². The zero-order chi connectivity index (χ0) is 15.3. The summed E-state index contributed by atoms with van der Waals surface area (Å²) in [6.07, 6.45) is -2.24. The van der Waals surface area contributed by atoms with E-state index in [2.05, 4.69) is 15.0 Å². The predicted octanol–water partition coefficient (Wildman–Crippen LogP) is 0.337. The van der Waals surface area contributed by atoms with E-state index in [0.29, 0.717) is 11.2 Å². The van der Waals surface area contributed by atoms with Gasteiger partial charge in [-0.2, -0.15) is 0 Å². The molecule has 4 unspecified atom stereocenters. The lowest BCUT2D eigenvalue weighted by Gasteiger charge is -2.18. The highest BCUT2D eigenvalue weighted by atomic mass is 35.5. The first-order chi connectivity index (χ1) is 9.91. The van der Waals surface area contributed by atoms with Gasteiger partial charge in [0.25, 0.3) is 0 Å². The number of imidazole rings is 1. The minimum atomic E-state index is -1.14. The lowest BCUT2D eigenvalue weighted by molar-refractivity contribution is -0.0491. The number of nitrogens with two attached hydrogens (primary N) is 1. The Balaban J connectivity index is 2.09. The maximum atomic E-state index is 10.2. The molecule has 4 N–H and O–H groups in total. The minimum absolute atomic E-state index is 0.0351. The summed E-state index contributed by atoms with van der Waals surface area (Å²) in [6, 6.07) is 0. The van der Waals surface area contributed by atoms with E-state index in [9.17, 15) is 10.2 Å². The molecule has 0 spiro atoms. The fourth-order valence-electron chi connectivity index (χ4n) is 2.58. The van der Waals surface area contributed by atoms with E-state index in [1.54, 1.807) is 0 Å². The third-order valence-electron chi connectivity index (χ3n) is 3.65. The third kappa shape index (κ3) is 2.15. The van der Waals surface area contributed by atoms with Gasteiger partial charge in [0, 0.05) is 0 Å². The van der Waals surface area contributed by atoms with Crippen LogP contribution in [0.1, 0.15) is 20.1 Å². The van der Waals surface area contributed by atoms with E-state index < -0.39 is 24.5 Å². The smallest absolute Gasteiger partial charge is 0.207 e. The van der Waals surface area contributed by atoms with Gasteiger partial charge in [-0.3, -0.25) is 4.57 Å². The molecule has 3 rings (SSSR count). The average molecular weight is 314 g/mol. The summed E-state index contributed by atoms with van der Waals surface area (Å²) >= 11 is 6.12. The SMILES string of the molecule is CC(C)C1OC(n2c(Cl)nc3c(N)ncnc32)C(O)C1O. The highest BCUT2D eigenvalue weighted by molar-refractivity contribution is 6.29. The molecule has 0 aliphatic carbocycles. The zero-order valence-electron chi connectivity index (χ0n) is 11.5.